The van der Waals surface area contributed by atoms with Gasteiger partial charge in [0.2, 0.25) is 10.4 Å². The SMILES string of the molecule is CCn1sc(=Nc2ccc(Br)cc2)n(CC)c1=Nc1ccc(Br)cc1. The van der Waals surface area contributed by atoms with Gasteiger partial charge in [-0.15, -0.1) is 0 Å². The normalized spacial score (nSPS) is 12.8. The second kappa shape index (κ2) is 8.29. The van der Waals surface area contributed by atoms with Crippen LogP contribution in [0.25, 0.3) is 0 Å². The Hall–Kier alpha value is -1.44. The molecule has 0 saturated carbocycles. The number of hydrogen-bond acceptors (Lipinski definition) is 3. The first-order chi connectivity index (χ1) is 12.1. The van der Waals surface area contributed by atoms with Gasteiger partial charge < -0.3 is 0 Å². The summed E-state index contributed by atoms with van der Waals surface area (Å²) in [6.07, 6.45) is 0. The molecule has 0 radical (unpaired) electrons. The van der Waals surface area contributed by atoms with Crippen LogP contribution in [0.15, 0.2) is 67.5 Å². The van der Waals surface area contributed by atoms with Crippen molar-refractivity contribution in [1.82, 2.24) is 8.52 Å². The summed E-state index contributed by atoms with van der Waals surface area (Å²) >= 11 is 8.56. The molecule has 0 saturated heterocycles. The van der Waals surface area contributed by atoms with Crippen LogP contribution in [0.3, 0.4) is 0 Å². The Kier molecular flexibility index (Phi) is 6.09. The highest BCUT2D eigenvalue weighted by Gasteiger charge is 2.05. The zero-order valence-electron chi connectivity index (χ0n) is 14.0. The fraction of sp³-hybridized carbons (Fsp3) is 0.222. The number of aromatic nitrogens is 2. The number of halogens is 2. The third-order valence-electron chi connectivity index (χ3n) is 3.60. The quantitative estimate of drug-likeness (QED) is 0.479. The van der Waals surface area contributed by atoms with Crippen LogP contribution in [0.5, 0.6) is 0 Å². The van der Waals surface area contributed by atoms with Crippen LogP contribution in [0.4, 0.5) is 11.4 Å². The van der Waals surface area contributed by atoms with E-state index < -0.39 is 0 Å². The number of aryl methyl sites for hydroxylation is 1. The second-order valence-corrected chi connectivity index (χ2v) is 8.11. The van der Waals surface area contributed by atoms with Crippen molar-refractivity contribution in [3.8, 4) is 0 Å². The van der Waals surface area contributed by atoms with E-state index in [0.717, 1.165) is 43.8 Å². The smallest absolute Gasteiger partial charge is 0.221 e. The molecule has 3 aromatic rings. The first-order valence-corrected chi connectivity index (χ1v) is 10.4. The summed E-state index contributed by atoms with van der Waals surface area (Å²) in [7, 11) is 0. The van der Waals surface area contributed by atoms with Gasteiger partial charge in [-0.05, 0) is 73.9 Å². The third kappa shape index (κ3) is 4.40. The van der Waals surface area contributed by atoms with Gasteiger partial charge in [0.15, 0.2) is 0 Å². The number of rotatable bonds is 4. The molecule has 1 aromatic heterocycles. The van der Waals surface area contributed by atoms with Crippen molar-refractivity contribution in [3.05, 3.63) is 67.9 Å². The summed E-state index contributed by atoms with van der Waals surface area (Å²) < 4.78 is 6.42. The van der Waals surface area contributed by atoms with Gasteiger partial charge in [0.05, 0.1) is 11.4 Å². The molecule has 25 heavy (non-hydrogen) atoms. The standard InChI is InChI=1S/C18H18Br2N4S/c1-3-23-17(21-15-9-5-13(19)6-10-15)24(4-2)25-18(23)22-16-11-7-14(20)8-12-16/h5-12H,3-4H2,1-2H3. The van der Waals surface area contributed by atoms with E-state index in [1.165, 1.54) is 0 Å². The molecule has 0 aliphatic carbocycles. The van der Waals surface area contributed by atoms with Gasteiger partial charge in [-0.3, -0.25) is 8.52 Å². The van der Waals surface area contributed by atoms with Crippen LogP contribution in [0.2, 0.25) is 0 Å². The number of nitrogens with zero attached hydrogens (tertiary/aromatic N) is 4. The van der Waals surface area contributed by atoms with Crippen molar-refractivity contribution in [2.75, 3.05) is 0 Å². The maximum atomic E-state index is 4.85. The molecule has 0 aliphatic heterocycles. The van der Waals surface area contributed by atoms with Gasteiger partial charge in [0.1, 0.15) is 0 Å². The zero-order valence-corrected chi connectivity index (χ0v) is 18.0. The van der Waals surface area contributed by atoms with E-state index in [9.17, 15) is 0 Å². The topological polar surface area (TPSA) is 34.6 Å². The van der Waals surface area contributed by atoms with Crippen molar-refractivity contribution >= 4 is 54.8 Å². The fourth-order valence-corrected chi connectivity index (χ4v) is 3.88. The molecular weight excluding hydrogens is 464 g/mol. The Morgan fingerprint density at radius 3 is 1.80 bits per heavy atom. The monoisotopic (exact) mass is 480 g/mol. The van der Waals surface area contributed by atoms with Crippen LogP contribution in [0.1, 0.15) is 13.8 Å². The lowest BCUT2D eigenvalue weighted by Crippen LogP contribution is -2.29. The molecule has 1 heterocycles. The summed E-state index contributed by atoms with van der Waals surface area (Å²) in [6.45, 7) is 5.92. The molecule has 0 atom stereocenters. The molecule has 0 aliphatic rings. The predicted molar refractivity (Wildman–Crippen MR) is 110 cm³/mol. The first-order valence-electron chi connectivity index (χ1n) is 8.02. The van der Waals surface area contributed by atoms with Crippen LogP contribution >= 0.6 is 43.4 Å². The van der Waals surface area contributed by atoms with E-state index in [-0.39, 0.29) is 0 Å². The predicted octanol–water partition coefficient (Wildman–Crippen LogP) is 5.38. The molecule has 0 unspecified atom stereocenters. The molecule has 0 N–H and O–H groups in total. The van der Waals surface area contributed by atoms with E-state index in [0.29, 0.717) is 0 Å². The van der Waals surface area contributed by atoms with Gasteiger partial charge in [0.25, 0.3) is 0 Å². The van der Waals surface area contributed by atoms with Gasteiger partial charge >= 0.3 is 0 Å². The lowest BCUT2D eigenvalue weighted by atomic mass is 10.3. The van der Waals surface area contributed by atoms with Gasteiger partial charge in [-0.1, -0.05) is 31.9 Å². The molecule has 4 nitrogen and oxygen atoms in total. The summed E-state index contributed by atoms with van der Waals surface area (Å²) in [6, 6.07) is 16.0. The Labute approximate surface area is 167 Å². The lowest BCUT2D eigenvalue weighted by Gasteiger charge is -2.00. The van der Waals surface area contributed by atoms with Gasteiger partial charge in [-0.2, -0.15) is 0 Å². The minimum absolute atomic E-state index is 0.814. The molecule has 7 heteroatoms. The highest BCUT2D eigenvalue weighted by Crippen LogP contribution is 2.17. The minimum atomic E-state index is 0.814. The van der Waals surface area contributed by atoms with E-state index in [2.05, 4.69) is 54.2 Å². The Bertz CT molecular complexity index is 980. The largest absolute Gasteiger partial charge is 0.286 e. The first kappa shape index (κ1) is 18.4. The molecule has 130 valence electrons. The molecule has 0 bridgehead atoms. The van der Waals surface area contributed by atoms with Crippen LogP contribution in [-0.4, -0.2) is 8.52 Å². The highest BCUT2D eigenvalue weighted by atomic mass is 79.9. The van der Waals surface area contributed by atoms with Crippen molar-refractivity contribution in [1.29, 1.82) is 0 Å². The molecule has 2 aromatic carbocycles. The minimum Gasteiger partial charge on any atom is -0.286 e. The number of benzene rings is 2. The maximum absolute atomic E-state index is 4.85. The van der Waals surface area contributed by atoms with E-state index in [4.69, 9.17) is 9.98 Å². The summed E-state index contributed by atoms with van der Waals surface area (Å²) in [4.78, 5) is 10.6. The van der Waals surface area contributed by atoms with E-state index in [1.54, 1.807) is 11.5 Å². The molecule has 0 fully saturated rings. The van der Waals surface area contributed by atoms with Crippen LogP contribution < -0.4 is 10.4 Å². The number of hydrogen-bond donors (Lipinski definition) is 0. The molecule has 0 spiro atoms. The fourth-order valence-electron chi connectivity index (χ4n) is 2.35. The Morgan fingerprint density at radius 1 is 0.800 bits per heavy atom. The summed E-state index contributed by atoms with van der Waals surface area (Å²) in [5.41, 5.74) is 2.79. The van der Waals surface area contributed by atoms with Crippen LogP contribution in [0, 0.1) is 0 Å². The summed E-state index contributed by atoms with van der Waals surface area (Å²) in [5.74, 6) is 0. The van der Waals surface area contributed by atoms with Crippen molar-refractivity contribution in [2.45, 2.75) is 26.9 Å². The van der Waals surface area contributed by atoms with E-state index >= 15 is 0 Å². The Balaban J connectivity index is 2.17. The van der Waals surface area contributed by atoms with E-state index in [1.807, 2.05) is 48.5 Å². The maximum Gasteiger partial charge on any atom is 0.221 e. The van der Waals surface area contributed by atoms with Gasteiger partial charge in [0, 0.05) is 22.0 Å². The molecule has 3 rings (SSSR count). The molecular formula is C18H18Br2N4S. The molecule has 0 amide bonds. The van der Waals surface area contributed by atoms with Gasteiger partial charge in [-0.25, -0.2) is 9.98 Å². The van der Waals surface area contributed by atoms with Crippen LogP contribution in [-0.2, 0) is 13.1 Å². The zero-order chi connectivity index (χ0) is 17.8. The highest BCUT2D eigenvalue weighted by molar-refractivity contribution is 9.10. The second-order valence-electron chi connectivity index (χ2n) is 5.29. The van der Waals surface area contributed by atoms with Crippen molar-refractivity contribution < 1.29 is 0 Å². The third-order valence-corrected chi connectivity index (χ3v) is 5.77. The van der Waals surface area contributed by atoms with Crippen molar-refractivity contribution in [2.24, 2.45) is 9.98 Å². The van der Waals surface area contributed by atoms with Crippen molar-refractivity contribution in [3.63, 3.8) is 0 Å². The Morgan fingerprint density at radius 2 is 1.32 bits per heavy atom. The lowest BCUT2D eigenvalue weighted by molar-refractivity contribution is 0.632. The average molecular weight is 482 g/mol. The summed E-state index contributed by atoms with van der Waals surface area (Å²) in [5, 5.41) is 0. The average Bonchev–Trinajstić information content (AvgIpc) is 2.95.